The van der Waals surface area contributed by atoms with Crippen molar-refractivity contribution in [3.8, 4) is 0 Å². The van der Waals surface area contributed by atoms with E-state index in [1.54, 1.807) is 23.3 Å². The van der Waals surface area contributed by atoms with E-state index in [0.717, 1.165) is 4.88 Å². The molecule has 21 heavy (non-hydrogen) atoms. The fourth-order valence-electron chi connectivity index (χ4n) is 2.16. The van der Waals surface area contributed by atoms with Crippen molar-refractivity contribution in [2.45, 2.75) is 12.6 Å². The van der Waals surface area contributed by atoms with Crippen LogP contribution in [-0.2, 0) is 25.6 Å². The highest BCUT2D eigenvalue weighted by molar-refractivity contribution is 7.09. The Balaban J connectivity index is 1.82. The molecule has 1 aromatic heterocycles. The minimum absolute atomic E-state index is 0.0360. The third kappa shape index (κ3) is 4.52. The first-order valence-electron chi connectivity index (χ1n) is 6.78. The maximum absolute atomic E-state index is 12.2. The summed E-state index contributed by atoms with van der Waals surface area (Å²) < 4.78 is 10.0. The number of methoxy groups -OCH3 is 1. The van der Waals surface area contributed by atoms with Crippen LogP contribution >= 0.6 is 11.3 Å². The van der Waals surface area contributed by atoms with Crippen LogP contribution in [0.4, 0.5) is 0 Å². The van der Waals surface area contributed by atoms with Gasteiger partial charge in [0.1, 0.15) is 0 Å². The zero-order chi connectivity index (χ0) is 15.2. The van der Waals surface area contributed by atoms with Gasteiger partial charge >= 0.3 is 5.97 Å². The van der Waals surface area contributed by atoms with Crippen LogP contribution in [0.1, 0.15) is 4.88 Å². The second-order valence-electron chi connectivity index (χ2n) is 4.95. The molecule has 1 fully saturated rings. The van der Waals surface area contributed by atoms with Crippen LogP contribution in [0.3, 0.4) is 0 Å². The highest BCUT2D eigenvalue weighted by atomic mass is 32.1. The zero-order valence-corrected chi connectivity index (χ0v) is 13.1. The van der Waals surface area contributed by atoms with Crippen LogP contribution in [0.15, 0.2) is 17.5 Å². The lowest BCUT2D eigenvalue weighted by molar-refractivity contribution is -0.160. The second kappa shape index (κ2) is 7.53. The molecular weight excluding hydrogens is 292 g/mol. The summed E-state index contributed by atoms with van der Waals surface area (Å²) in [6.07, 6.45) is -0.598. The minimum atomic E-state index is -0.598. The van der Waals surface area contributed by atoms with Gasteiger partial charge in [-0.05, 0) is 11.4 Å². The standard InChI is InChI=1S/C14H20N2O4S/c1-15(8-11-4-3-7-21-11)13(17)10-16-5-6-20-12(9-16)14(18)19-2/h3-4,7,12H,5-6,8-10H2,1-2H3. The summed E-state index contributed by atoms with van der Waals surface area (Å²) >= 11 is 1.63. The second-order valence-corrected chi connectivity index (χ2v) is 5.98. The number of hydrogen-bond donors (Lipinski definition) is 0. The SMILES string of the molecule is COC(=O)C1CN(CC(=O)N(C)Cc2cccs2)CCO1. The number of carbonyl (C=O) groups excluding carboxylic acids is 2. The smallest absolute Gasteiger partial charge is 0.336 e. The van der Waals surface area contributed by atoms with E-state index in [1.165, 1.54) is 7.11 Å². The van der Waals surface area contributed by atoms with E-state index in [1.807, 2.05) is 22.4 Å². The number of ether oxygens (including phenoxy) is 2. The van der Waals surface area contributed by atoms with Gasteiger partial charge in [-0.1, -0.05) is 6.07 Å². The Labute approximate surface area is 128 Å². The Morgan fingerprint density at radius 1 is 1.57 bits per heavy atom. The average Bonchev–Trinajstić information content (AvgIpc) is 2.99. The third-order valence-electron chi connectivity index (χ3n) is 3.37. The molecule has 2 rings (SSSR count). The summed E-state index contributed by atoms with van der Waals surface area (Å²) in [5, 5.41) is 2.00. The van der Waals surface area contributed by atoms with Gasteiger partial charge in [0.25, 0.3) is 0 Å². The molecular formula is C14H20N2O4S. The molecule has 0 spiro atoms. The molecule has 0 saturated carbocycles. The predicted molar refractivity (Wildman–Crippen MR) is 79.0 cm³/mol. The highest BCUT2D eigenvalue weighted by Gasteiger charge is 2.28. The molecule has 1 aromatic rings. The first-order valence-corrected chi connectivity index (χ1v) is 7.66. The fourth-order valence-corrected chi connectivity index (χ4v) is 2.91. The molecule has 0 aliphatic carbocycles. The molecule has 7 heteroatoms. The maximum atomic E-state index is 12.2. The van der Waals surface area contributed by atoms with Gasteiger partial charge in [-0.3, -0.25) is 9.69 Å². The van der Waals surface area contributed by atoms with Crippen molar-refractivity contribution in [2.24, 2.45) is 0 Å². The monoisotopic (exact) mass is 312 g/mol. The van der Waals surface area contributed by atoms with Gasteiger partial charge in [0.2, 0.25) is 5.91 Å². The fraction of sp³-hybridized carbons (Fsp3) is 0.571. The van der Waals surface area contributed by atoms with Crippen LogP contribution in [-0.4, -0.2) is 68.2 Å². The lowest BCUT2D eigenvalue weighted by Crippen LogP contribution is -2.49. The Morgan fingerprint density at radius 3 is 3.05 bits per heavy atom. The number of morpholine rings is 1. The van der Waals surface area contributed by atoms with E-state index in [9.17, 15) is 9.59 Å². The molecule has 0 bridgehead atoms. The molecule has 1 atom stereocenters. The summed E-state index contributed by atoms with van der Waals surface area (Å²) in [6, 6.07) is 3.98. The topological polar surface area (TPSA) is 59.1 Å². The molecule has 116 valence electrons. The van der Waals surface area contributed by atoms with Crippen molar-refractivity contribution in [2.75, 3.05) is 40.4 Å². The number of carbonyl (C=O) groups is 2. The van der Waals surface area contributed by atoms with Crippen molar-refractivity contribution in [3.05, 3.63) is 22.4 Å². The summed E-state index contributed by atoms with van der Waals surface area (Å²) in [4.78, 5) is 28.5. The van der Waals surface area contributed by atoms with Gasteiger partial charge in [-0.25, -0.2) is 4.79 Å². The Morgan fingerprint density at radius 2 is 2.38 bits per heavy atom. The molecule has 0 N–H and O–H groups in total. The van der Waals surface area contributed by atoms with Gasteiger partial charge in [0.15, 0.2) is 6.10 Å². The summed E-state index contributed by atoms with van der Waals surface area (Å²) in [6.45, 7) is 2.37. The van der Waals surface area contributed by atoms with Gasteiger partial charge in [0.05, 0.1) is 26.8 Å². The quantitative estimate of drug-likeness (QED) is 0.745. The number of amides is 1. The summed E-state index contributed by atoms with van der Waals surface area (Å²) in [7, 11) is 3.13. The van der Waals surface area contributed by atoms with Crippen molar-refractivity contribution >= 4 is 23.2 Å². The molecule has 1 saturated heterocycles. The van der Waals surface area contributed by atoms with Crippen LogP contribution in [0, 0.1) is 0 Å². The largest absolute Gasteiger partial charge is 0.467 e. The Bertz CT molecular complexity index is 477. The number of rotatable bonds is 5. The zero-order valence-electron chi connectivity index (χ0n) is 12.3. The molecule has 1 unspecified atom stereocenters. The normalized spacial score (nSPS) is 19.2. The van der Waals surface area contributed by atoms with Crippen molar-refractivity contribution < 1.29 is 19.1 Å². The Hall–Kier alpha value is -1.44. The molecule has 1 aliphatic heterocycles. The van der Waals surface area contributed by atoms with Gasteiger partial charge < -0.3 is 14.4 Å². The molecule has 2 heterocycles. The van der Waals surface area contributed by atoms with Crippen LogP contribution in [0.5, 0.6) is 0 Å². The third-order valence-corrected chi connectivity index (χ3v) is 4.23. The van der Waals surface area contributed by atoms with Crippen LogP contribution < -0.4 is 0 Å². The first-order chi connectivity index (χ1) is 10.1. The maximum Gasteiger partial charge on any atom is 0.336 e. The van der Waals surface area contributed by atoms with E-state index in [4.69, 9.17) is 4.74 Å². The number of esters is 1. The molecule has 1 aliphatic rings. The van der Waals surface area contributed by atoms with E-state index >= 15 is 0 Å². The molecule has 1 amide bonds. The van der Waals surface area contributed by atoms with E-state index in [2.05, 4.69) is 4.74 Å². The van der Waals surface area contributed by atoms with Crippen LogP contribution in [0.2, 0.25) is 0 Å². The lowest BCUT2D eigenvalue weighted by atomic mass is 10.2. The summed E-state index contributed by atoms with van der Waals surface area (Å²) in [5.74, 6) is -0.354. The van der Waals surface area contributed by atoms with Gasteiger partial charge in [-0.15, -0.1) is 11.3 Å². The summed E-state index contributed by atoms with van der Waals surface area (Å²) in [5.41, 5.74) is 0. The number of likely N-dealkylation sites (N-methyl/N-ethyl adjacent to an activating group) is 1. The molecule has 0 aromatic carbocycles. The predicted octanol–water partition coefficient (Wildman–Crippen LogP) is 0.580. The molecule has 0 radical (unpaired) electrons. The number of nitrogens with zero attached hydrogens (tertiary/aromatic N) is 2. The van der Waals surface area contributed by atoms with Crippen molar-refractivity contribution in [3.63, 3.8) is 0 Å². The molecule has 6 nitrogen and oxygen atoms in total. The van der Waals surface area contributed by atoms with E-state index in [0.29, 0.717) is 32.8 Å². The number of hydrogen-bond acceptors (Lipinski definition) is 6. The van der Waals surface area contributed by atoms with E-state index < -0.39 is 6.10 Å². The highest BCUT2D eigenvalue weighted by Crippen LogP contribution is 2.12. The van der Waals surface area contributed by atoms with Crippen LogP contribution in [0.25, 0.3) is 0 Å². The van der Waals surface area contributed by atoms with Crippen molar-refractivity contribution in [1.29, 1.82) is 0 Å². The Kier molecular flexibility index (Phi) is 5.72. The van der Waals surface area contributed by atoms with Gasteiger partial charge in [0, 0.05) is 25.0 Å². The van der Waals surface area contributed by atoms with Crippen molar-refractivity contribution in [1.82, 2.24) is 9.80 Å². The lowest BCUT2D eigenvalue weighted by Gasteiger charge is -2.31. The average molecular weight is 312 g/mol. The van der Waals surface area contributed by atoms with E-state index in [-0.39, 0.29) is 11.9 Å². The minimum Gasteiger partial charge on any atom is -0.467 e. The van der Waals surface area contributed by atoms with Gasteiger partial charge in [-0.2, -0.15) is 0 Å². The first kappa shape index (κ1) is 15.9. The number of thiophene rings is 1.